The van der Waals surface area contributed by atoms with Gasteiger partial charge in [-0.2, -0.15) is 18.4 Å². The average molecular weight is 498 g/mol. The molecule has 36 heavy (non-hydrogen) atoms. The molecule has 3 aromatic rings. The quantitative estimate of drug-likeness (QED) is 0.518. The van der Waals surface area contributed by atoms with Gasteiger partial charge in [0.05, 0.1) is 29.9 Å². The summed E-state index contributed by atoms with van der Waals surface area (Å²) in [5.74, 6) is -0.776. The lowest BCUT2D eigenvalue weighted by Crippen LogP contribution is -2.38. The molecule has 1 unspecified atom stereocenters. The number of nitriles is 1. The number of rotatable bonds is 5. The minimum Gasteiger partial charge on any atom is -0.466 e. The molecule has 0 saturated carbocycles. The number of hydrogen-bond acceptors (Lipinski definition) is 7. The van der Waals surface area contributed by atoms with Gasteiger partial charge in [0.1, 0.15) is 6.04 Å². The number of allylic oxidation sites excluding steroid dienone is 1. The van der Waals surface area contributed by atoms with Gasteiger partial charge in [-0.1, -0.05) is 12.1 Å². The molecule has 1 atom stereocenters. The fraction of sp³-hybridized carbons (Fsp3) is 0.250. The number of fused-ring (bicyclic) bond motifs is 1. The van der Waals surface area contributed by atoms with Crippen molar-refractivity contribution in [2.75, 3.05) is 19.1 Å². The van der Waals surface area contributed by atoms with E-state index in [2.05, 4.69) is 21.6 Å². The molecule has 0 spiro atoms. The van der Waals surface area contributed by atoms with Gasteiger partial charge in [-0.3, -0.25) is 4.90 Å². The van der Waals surface area contributed by atoms with Crippen molar-refractivity contribution < 1.29 is 22.7 Å². The number of esters is 1. The van der Waals surface area contributed by atoms with Crippen LogP contribution in [0, 0.1) is 11.3 Å². The predicted octanol–water partition coefficient (Wildman–Crippen LogP) is 3.37. The van der Waals surface area contributed by atoms with Crippen LogP contribution in [0.3, 0.4) is 0 Å². The highest BCUT2D eigenvalue weighted by Gasteiger charge is 2.40. The summed E-state index contributed by atoms with van der Waals surface area (Å²) in [4.78, 5) is 27.4. The van der Waals surface area contributed by atoms with E-state index in [1.54, 1.807) is 32.2 Å². The number of aromatic amines is 1. The zero-order valence-corrected chi connectivity index (χ0v) is 19.5. The highest BCUT2D eigenvalue weighted by molar-refractivity contribution is 5.93. The third kappa shape index (κ3) is 4.14. The van der Waals surface area contributed by atoms with Gasteiger partial charge in [-0.15, -0.1) is 5.10 Å². The van der Waals surface area contributed by atoms with Gasteiger partial charge in [0.25, 0.3) is 0 Å². The average Bonchev–Trinajstić information content (AvgIpc) is 3.23. The van der Waals surface area contributed by atoms with E-state index in [0.717, 1.165) is 12.1 Å². The Balaban J connectivity index is 2.03. The van der Waals surface area contributed by atoms with Crippen molar-refractivity contribution in [3.8, 4) is 6.07 Å². The van der Waals surface area contributed by atoms with Crippen LogP contribution in [-0.2, 0) is 22.3 Å². The van der Waals surface area contributed by atoms with Crippen LogP contribution in [0.5, 0.6) is 0 Å². The van der Waals surface area contributed by atoms with Crippen molar-refractivity contribution >= 4 is 17.6 Å². The molecule has 1 aliphatic heterocycles. The number of anilines is 2. The smallest absolute Gasteiger partial charge is 0.416 e. The van der Waals surface area contributed by atoms with Gasteiger partial charge in [0.2, 0.25) is 5.95 Å². The topological polar surface area (TPSA) is 116 Å². The van der Waals surface area contributed by atoms with E-state index in [9.17, 15) is 28.0 Å². The van der Waals surface area contributed by atoms with Crippen LogP contribution in [0.1, 0.15) is 35.2 Å². The van der Waals surface area contributed by atoms with Crippen molar-refractivity contribution in [3.05, 3.63) is 86.5 Å². The van der Waals surface area contributed by atoms with E-state index in [1.807, 2.05) is 0 Å². The van der Waals surface area contributed by atoms with Crippen LogP contribution in [-0.4, -0.2) is 34.9 Å². The fourth-order valence-electron chi connectivity index (χ4n) is 4.36. The van der Waals surface area contributed by atoms with Crippen LogP contribution >= 0.6 is 0 Å². The van der Waals surface area contributed by atoms with Gasteiger partial charge in [-0.05, 0) is 55.4 Å². The first-order chi connectivity index (χ1) is 17.1. The maximum Gasteiger partial charge on any atom is 0.416 e. The lowest BCUT2D eigenvalue weighted by molar-refractivity contribution is -0.138. The summed E-state index contributed by atoms with van der Waals surface area (Å²) in [6.07, 6.45) is -4.60. The Morgan fingerprint density at radius 1 is 1.28 bits per heavy atom. The van der Waals surface area contributed by atoms with Crippen LogP contribution in [0.2, 0.25) is 0 Å². The minimum absolute atomic E-state index is 0.00533. The SMILES string of the molecule is CNCc1cc(C#N)ccc1C1C(C(=O)OC)=C(C)N(c2cccc(C(F)(F)F)c2)c2n[nH]c(=O)n21. The minimum atomic E-state index is -4.60. The number of nitrogens with zero attached hydrogens (tertiary/aromatic N) is 4. The number of alkyl halides is 3. The third-order valence-electron chi connectivity index (χ3n) is 5.91. The molecule has 0 fully saturated rings. The number of aromatic nitrogens is 3. The van der Waals surface area contributed by atoms with E-state index in [1.165, 1.54) is 28.7 Å². The van der Waals surface area contributed by atoms with Crippen molar-refractivity contribution in [1.82, 2.24) is 20.1 Å². The first-order valence-electron chi connectivity index (χ1n) is 10.7. The first kappa shape index (κ1) is 24.7. The molecule has 2 N–H and O–H groups in total. The Bertz CT molecular complexity index is 1460. The summed E-state index contributed by atoms with van der Waals surface area (Å²) in [5, 5.41) is 18.8. The largest absolute Gasteiger partial charge is 0.466 e. The molecule has 1 aromatic heterocycles. The second-order valence-corrected chi connectivity index (χ2v) is 8.03. The van der Waals surface area contributed by atoms with E-state index in [0.29, 0.717) is 23.2 Å². The van der Waals surface area contributed by atoms with E-state index >= 15 is 0 Å². The number of benzene rings is 2. The first-order valence-corrected chi connectivity index (χ1v) is 10.7. The van der Waals surface area contributed by atoms with Crippen molar-refractivity contribution in [3.63, 3.8) is 0 Å². The Labute approximate surface area is 203 Å². The molecule has 0 bridgehead atoms. The highest BCUT2D eigenvalue weighted by atomic mass is 19.4. The molecule has 0 saturated heterocycles. The Hall–Kier alpha value is -4.37. The molecule has 2 heterocycles. The standard InChI is InChI=1S/C24H21F3N6O3/c1-13-19(21(34)36-3)20(18-8-7-14(11-28)9-15(18)12-29-2)33-22(30-31-23(33)35)32(13)17-6-4-5-16(10-17)24(25,26)27/h4-10,20,29H,12H2,1-3H3,(H,31,35). The maximum atomic E-state index is 13.4. The molecule has 0 radical (unpaired) electrons. The normalized spacial score (nSPS) is 15.5. The van der Waals surface area contributed by atoms with Crippen molar-refractivity contribution in [1.29, 1.82) is 5.26 Å². The molecule has 0 aliphatic carbocycles. The number of carbonyl (C=O) groups excluding carboxylic acids is 1. The van der Waals surface area contributed by atoms with Crippen LogP contribution < -0.4 is 15.9 Å². The third-order valence-corrected chi connectivity index (χ3v) is 5.91. The van der Waals surface area contributed by atoms with Crippen LogP contribution in [0.25, 0.3) is 0 Å². The zero-order chi connectivity index (χ0) is 26.2. The molecular weight excluding hydrogens is 477 g/mol. The molecule has 2 aromatic carbocycles. The molecule has 1 aliphatic rings. The molecule has 12 heteroatoms. The molecular formula is C24H21F3N6O3. The van der Waals surface area contributed by atoms with Gasteiger partial charge >= 0.3 is 17.8 Å². The van der Waals surface area contributed by atoms with Gasteiger partial charge in [0, 0.05) is 17.9 Å². The molecule has 0 amide bonds. The maximum absolute atomic E-state index is 13.4. The van der Waals surface area contributed by atoms with Crippen LogP contribution in [0.4, 0.5) is 24.8 Å². The summed E-state index contributed by atoms with van der Waals surface area (Å²) in [7, 11) is 2.88. The molecule has 4 rings (SSSR count). The summed E-state index contributed by atoms with van der Waals surface area (Å²) < 4.78 is 46.6. The number of nitrogens with one attached hydrogen (secondary N) is 2. The van der Waals surface area contributed by atoms with E-state index < -0.39 is 29.4 Å². The Kier molecular flexibility index (Phi) is 6.43. The number of halogens is 3. The molecule has 9 nitrogen and oxygen atoms in total. The monoisotopic (exact) mass is 498 g/mol. The zero-order valence-electron chi connectivity index (χ0n) is 19.5. The fourth-order valence-corrected chi connectivity index (χ4v) is 4.36. The van der Waals surface area contributed by atoms with Crippen molar-refractivity contribution in [2.24, 2.45) is 0 Å². The lowest BCUT2D eigenvalue weighted by Gasteiger charge is -2.36. The van der Waals surface area contributed by atoms with Crippen LogP contribution in [0.15, 0.2) is 58.5 Å². The summed E-state index contributed by atoms with van der Waals surface area (Å²) >= 11 is 0. The summed E-state index contributed by atoms with van der Waals surface area (Å²) in [6.45, 7) is 1.86. The number of carbonyl (C=O) groups is 1. The van der Waals surface area contributed by atoms with Gasteiger partial charge in [0.15, 0.2) is 0 Å². The Morgan fingerprint density at radius 3 is 2.67 bits per heavy atom. The number of methoxy groups -OCH3 is 1. The Morgan fingerprint density at radius 2 is 2.03 bits per heavy atom. The van der Waals surface area contributed by atoms with Gasteiger partial charge in [-0.25, -0.2) is 19.3 Å². The second kappa shape index (κ2) is 9.35. The molecule has 186 valence electrons. The van der Waals surface area contributed by atoms with E-state index in [4.69, 9.17) is 4.74 Å². The predicted molar refractivity (Wildman–Crippen MR) is 123 cm³/mol. The lowest BCUT2D eigenvalue weighted by atomic mass is 9.90. The number of hydrogen-bond donors (Lipinski definition) is 2. The van der Waals surface area contributed by atoms with Crippen molar-refractivity contribution in [2.45, 2.75) is 25.7 Å². The number of H-pyrrole nitrogens is 1. The highest BCUT2D eigenvalue weighted by Crippen LogP contribution is 2.43. The van der Waals surface area contributed by atoms with Gasteiger partial charge < -0.3 is 10.1 Å². The number of ether oxygens (including phenoxy) is 1. The second-order valence-electron chi connectivity index (χ2n) is 8.03. The summed E-state index contributed by atoms with van der Waals surface area (Å²) in [6, 6.07) is 10.4. The summed E-state index contributed by atoms with van der Waals surface area (Å²) in [5.41, 5.74) is 0.287. The van der Waals surface area contributed by atoms with E-state index in [-0.39, 0.29) is 22.9 Å².